The molecule has 3 N–H and O–H groups in total. The molecule has 0 spiro atoms. The molecule has 0 fully saturated rings. The zero-order valence-electron chi connectivity index (χ0n) is 30.5. The first kappa shape index (κ1) is 46.5. The molecule has 0 radical (unpaired) electrons. The smallest absolute Gasteiger partial charge is 0.457 e. The summed E-state index contributed by atoms with van der Waals surface area (Å²) >= 11 is 0. The molecule has 0 aliphatic carbocycles. The molecule has 3 atom stereocenters. The third kappa shape index (κ3) is 35.1. The van der Waals surface area contributed by atoms with E-state index >= 15 is 0 Å². The molecule has 0 rings (SSSR count). The Kier molecular flexibility index (Phi) is 34.9. The van der Waals surface area contributed by atoms with Gasteiger partial charge in [-0.1, -0.05) is 168 Å². The van der Waals surface area contributed by atoms with E-state index in [1.807, 2.05) is 0 Å². The fraction of sp³-hybridized carbons (Fsp3) is 0.973. The highest BCUT2D eigenvalue weighted by Gasteiger charge is 2.26. The van der Waals surface area contributed by atoms with Crippen LogP contribution >= 0.6 is 7.82 Å². The Morgan fingerprint density at radius 2 is 0.957 bits per heavy atom. The fourth-order valence-electron chi connectivity index (χ4n) is 5.53. The number of carbonyl (C=O) groups excluding carboxylic acids is 1. The predicted octanol–water partition coefficient (Wildman–Crippen LogP) is 9.97. The lowest BCUT2D eigenvalue weighted by Gasteiger charge is -2.20. The minimum Gasteiger partial charge on any atom is -0.457 e. The van der Waals surface area contributed by atoms with E-state index in [1.165, 1.54) is 135 Å². The average molecular weight is 695 g/mol. The van der Waals surface area contributed by atoms with Crippen molar-refractivity contribution in [3.8, 4) is 0 Å². The second kappa shape index (κ2) is 35.3. The van der Waals surface area contributed by atoms with E-state index in [4.69, 9.17) is 23.6 Å². The lowest BCUT2D eigenvalue weighted by molar-refractivity contribution is -0.154. The fourth-order valence-corrected chi connectivity index (χ4v) is 6.32. The molecule has 47 heavy (non-hydrogen) atoms. The van der Waals surface area contributed by atoms with Crippen LogP contribution in [0.2, 0.25) is 0 Å². The largest absolute Gasteiger partial charge is 0.472 e. The van der Waals surface area contributed by atoms with Crippen LogP contribution < -0.4 is 0 Å². The Morgan fingerprint density at radius 1 is 0.574 bits per heavy atom. The van der Waals surface area contributed by atoms with Gasteiger partial charge < -0.3 is 24.6 Å². The number of phosphoric acid groups is 1. The quantitative estimate of drug-likeness (QED) is 0.0328. The van der Waals surface area contributed by atoms with E-state index in [0.717, 1.165) is 32.1 Å². The number of unbranched alkanes of at least 4 members (excludes halogenated alkanes) is 24. The maximum absolute atomic E-state index is 12.5. The highest BCUT2D eigenvalue weighted by atomic mass is 31.2. The monoisotopic (exact) mass is 695 g/mol. The lowest BCUT2D eigenvalue weighted by Crippen LogP contribution is -2.29. The van der Waals surface area contributed by atoms with E-state index in [0.29, 0.717) is 6.61 Å². The second-order valence-electron chi connectivity index (χ2n) is 13.3. The topological polar surface area (TPSA) is 132 Å². The number of esters is 1. The van der Waals surface area contributed by atoms with Crippen LogP contribution in [-0.4, -0.2) is 66.3 Å². The van der Waals surface area contributed by atoms with Crippen LogP contribution in [0.25, 0.3) is 0 Å². The second-order valence-corrected chi connectivity index (χ2v) is 14.8. The molecule has 0 bridgehead atoms. The zero-order valence-corrected chi connectivity index (χ0v) is 31.4. The van der Waals surface area contributed by atoms with Crippen molar-refractivity contribution in [2.75, 3.05) is 33.0 Å². The Labute approximate surface area is 288 Å². The third-order valence-corrected chi connectivity index (χ3v) is 9.49. The molecule has 3 unspecified atom stereocenters. The van der Waals surface area contributed by atoms with Gasteiger partial charge in [0.15, 0.2) is 0 Å². The Morgan fingerprint density at radius 3 is 1.38 bits per heavy atom. The van der Waals surface area contributed by atoms with Crippen molar-refractivity contribution in [2.24, 2.45) is 0 Å². The summed E-state index contributed by atoms with van der Waals surface area (Å²) in [6.45, 7) is 3.53. The van der Waals surface area contributed by atoms with Gasteiger partial charge in [0.25, 0.3) is 0 Å². The van der Waals surface area contributed by atoms with Gasteiger partial charge in [0.05, 0.1) is 26.4 Å². The molecule has 0 aromatic carbocycles. The summed E-state index contributed by atoms with van der Waals surface area (Å²) in [7, 11) is -4.50. The maximum Gasteiger partial charge on any atom is 0.472 e. The molecule has 0 saturated heterocycles. The number of hydrogen-bond donors (Lipinski definition) is 3. The standard InChI is InChI=1S/C37H75O9P/c1-3-5-7-9-11-13-14-15-16-17-18-19-20-21-23-25-27-29-37(40)46-36(34-45-47(41,42)44-32-35(39)31-38)33-43-30-28-26-24-22-12-10-8-6-4-2/h35-36,38-39H,3-34H2,1-2H3,(H,41,42). The van der Waals surface area contributed by atoms with E-state index in [2.05, 4.69) is 13.8 Å². The van der Waals surface area contributed by atoms with Crippen molar-refractivity contribution in [3.05, 3.63) is 0 Å². The lowest BCUT2D eigenvalue weighted by atomic mass is 10.0. The summed E-state index contributed by atoms with van der Waals surface area (Å²) < 4.78 is 33.2. The van der Waals surface area contributed by atoms with Gasteiger partial charge in [-0.2, -0.15) is 0 Å². The van der Waals surface area contributed by atoms with Crippen LogP contribution in [0.3, 0.4) is 0 Å². The van der Waals surface area contributed by atoms with Gasteiger partial charge in [-0.3, -0.25) is 13.8 Å². The molecule has 0 amide bonds. The van der Waals surface area contributed by atoms with E-state index in [9.17, 15) is 19.4 Å². The van der Waals surface area contributed by atoms with Crippen LogP contribution in [0.5, 0.6) is 0 Å². The molecule has 282 valence electrons. The molecular weight excluding hydrogens is 619 g/mol. The van der Waals surface area contributed by atoms with Crippen LogP contribution in [0, 0.1) is 0 Å². The number of carbonyl (C=O) groups is 1. The number of phosphoric ester groups is 1. The minimum atomic E-state index is -4.50. The van der Waals surface area contributed by atoms with E-state index in [-0.39, 0.29) is 25.6 Å². The predicted molar refractivity (Wildman–Crippen MR) is 192 cm³/mol. The SMILES string of the molecule is CCCCCCCCCCCCCCCCCCCC(=O)OC(COCCCCCCCCCCC)COP(=O)(O)OCC(O)CO. The highest BCUT2D eigenvalue weighted by Crippen LogP contribution is 2.43. The van der Waals surface area contributed by atoms with Crippen molar-refractivity contribution in [3.63, 3.8) is 0 Å². The first-order valence-corrected chi connectivity index (χ1v) is 21.0. The van der Waals surface area contributed by atoms with Crippen LogP contribution in [0.1, 0.15) is 187 Å². The van der Waals surface area contributed by atoms with Gasteiger partial charge >= 0.3 is 13.8 Å². The van der Waals surface area contributed by atoms with Crippen molar-refractivity contribution in [1.82, 2.24) is 0 Å². The summed E-state index contributed by atoms with van der Waals surface area (Å²) in [5.74, 6) is -0.379. The van der Waals surface area contributed by atoms with E-state index in [1.54, 1.807) is 0 Å². The highest BCUT2D eigenvalue weighted by molar-refractivity contribution is 7.47. The third-order valence-electron chi connectivity index (χ3n) is 8.54. The number of rotatable bonds is 38. The Balaban J connectivity index is 4.12. The van der Waals surface area contributed by atoms with Crippen molar-refractivity contribution >= 4 is 13.8 Å². The molecule has 10 heteroatoms. The number of aliphatic hydroxyl groups is 2. The number of aliphatic hydroxyl groups excluding tert-OH is 2. The van der Waals surface area contributed by atoms with Gasteiger partial charge in [-0.15, -0.1) is 0 Å². The molecule has 0 aromatic heterocycles. The van der Waals surface area contributed by atoms with Crippen molar-refractivity contribution in [2.45, 2.75) is 199 Å². The first-order valence-electron chi connectivity index (χ1n) is 19.5. The van der Waals surface area contributed by atoms with Crippen LogP contribution in [0.15, 0.2) is 0 Å². The van der Waals surface area contributed by atoms with Crippen molar-refractivity contribution < 1.29 is 43.0 Å². The Hall–Kier alpha value is -0.540. The van der Waals surface area contributed by atoms with Gasteiger partial charge in [-0.25, -0.2) is 4.57 Å². The molecule has 9 nitrogen and oxygen atoms in total. The molecule has 0 aliphatic heterocycles. The summed E-state index contributed by atoms with van der Waals surface area (Å²) in [4.78, 5) is 22.4. The normalized spacial score (nSPS) is 14.2. The minimum absolute atomic E-state index is 0.0566. The zero-order chi connectivity index (χ0) is 34.7. The van der Waals surface area contributed by atoms with Gasteiger partial charge in [-0.05, 0) is 12.8 Å². The van der Waals surface area contributed by atoms with Gasteiger partial charge in [0.1, 0.15) is 12.2 Å². The Bertz CT molecular complexity index is 709. The van der Waals surface area contributed by atoms with Gasteiger partial charge in [0.2, 0.25) is 0 Å². The molecule has 0 saturated carbocycles. The average Bonchev–Trinajstić information content (AvgIpc) is 3.06. The maximum atomic E-state index is 12.5. The molecule has 0 aliphatic rings. The number of ether oxygens (including phenoxy) is 2. The number of hydrogen-bond acceptors (Lipinski definition) is 8. The van der Waals surface area contributed by atoms with Crippen LogP contribution in [0.4, 0.5) is 0 Å². The molecule has 0 heterocycles. The molecule has 0 aromatic rings. The van der Waals surface area contributed by atoms with Gasteiger partial charge in [0, 0.05) is 13.0 Å². The van der Waals surface area contributed by atoms with E-state index < -0.39 is 33.2 Å². The van der Waals surface area contributed by atoms with Crippen molar-refractivity contribution in [1.29, 1.82) is 0 Å². The summed E-state index contributed by atoms with van der Waals surface area (Å²) in [6, 6.07) is 0. The van der Waals surface area contributed by atoms with Crippen LogP contribution in [-0.2, 0) is 27.9 Å². The summed E-state index contributed by atoms with van der Waals surface area (Å²) in [6.07, 6.45) is 30.6. The summed E-state index contributed by atoms with van der Waals surface area (Å²) in [5.41, 5.74) is 0. The molecular formula is C37H75O9P. The summed E-state index contributed by atoms with van der Waals surface area (Å²) in [5, 5.41) is 18.3. The first-order chi connectivity index (χ1) is 22.8.